The van der Waals surface area contributed by atoms with Gasteiger partial charge in [-0.2, -0.15) is 0 Å². The zero-order valence-corrected chi connectivity index (χ0v) is 17.8. The molecule has 1 aromatic carbocycles. The molecule has 0 radical (unpaired) electrons. The number of para-hydroxylation sites is 1. The first-order valence-electron chi connectivity index (χ1n) is 9.62. The Labute approximate surface area is 179 Å². The van der Waals surface area contributed by atoms with Crippen LogP contribution in [-0.4, -0.2) is 31.6 Å². The molecule has 154 valence electrons. The van der Waals surface area contributed by atoms with E-state index in [2.05, 4.69) is 46.7 Å². The molecular weight excluding hydrogens is 397 g/mol. The Balaban J connectivity index is 0.00000140. The van der Waals surface area contributed by atoms with E-state index in [1.165, 1.54) is 24.1 Å². The first-order chi connectivity index (χ1) is 12.7. The second-order valence-electron chi connectivity index (χ2n) is 7.49. The maximum absolute atomic E-state index is 12.7. The van der Waals surface area contributed by atoms with Crippen LogP contribution < -0.4 is 15.5 Å². The van der Waals surface area contributed by atoms with Crippen LogP contribution in [0.4, 0.5) is 5.69 Å². The van der Waals surface area contributed by atoms with E-state index in [4.69, 9.17) is 4.42 Å². The van der Waals surface area contributed by atoms with Crippen LogP contribution in [0.1, 0.15) is 41.4 Å². The van der Waals surface area contributed by atoms with Crippen molar-refractivity contribution in [2.75, 3.05) is 24.5 Å². The van der Waals surface area contributed by atoms with E-state index in [-0.39, 0.29) is 30.7 Å². The highest BCUT2D eigenvalue weighted by Gasteiger charge is 2.28. The van der Waals surface area contributed by atoms with Gasteiger partial charge in [0, 0.05) is 18.3 Å². The molecule has 1 fully saturated rings. The van der Waals surface area contributed by atoms with Crippen LogP contribution in [0.5, 0.6) is 0 Å². The first-order valence-corrected chi connectivity index (χ1v) is 9.62. The standard InChI is InChI=1S/C21H27N3O2.2ClH/c1-15-11-17-6-2-3-7-19(17)24(15)14-20-18(8-10-26-20)21(25)23-13-16-5-4-9-22-12-16;;/h2-3,6-8,10,15-16,22H,4-5,9,11-14H2,1H3,(H,23,25);2*1H. The summed E-state index contributed by atoms with van der Waals surface area (Å²) in [5.74, 6) is 1.24. The van der Waals surface area contributed by atoms with Crippen LogP contribution in [0, 0.1) is 5.92 Å². The van der Waals surface area contributed by atoms with Gasteiger partial charge in [-0.3, -0.25) is 4.79 Å². The highest BCUT2D eigenvalue weighted by molar-refractivity contribution is 5.95. The quantitative estimate of drug-likeness (QED) is 0.764. The molecule has 1 saturated heterocycles. The summed E-state index contributed by atoms with van der Waals surface area (Å²) in [5.41, 5.74) is 3.27. The lowest BCUT2D eigenvalue weighted by molar-refractivity contribution is 0.0942. The summed E-state index contributed by atoms with van der Waals surface area (Å²) >= 11 is 0. The van der Waals surface area contributed by atoms with Gasteiger partial charge in [-0.05, 0) is 62.9 Å². The predicted molar refractivity (Wildman–Crippen MR) is 117 cm³/mol. The lowest BCUT2D eigenvalue weighted by Gasteiger charge is -2.24. The summed E-state index contributed by atoms with van der Waals surface area (Å²) in [7, 11) is 0. The second kappa shape index (κ2) is 10.2. The lowest BCUT2D eigenvalue weighted by Crippen LogP contribution is -2.38. The molecule has 2 atom stereocenters. The normalized spacial score (nSPS) is 20.7. The molecule has 5 nitrogen and oxygen atoms in total. The maximum Gasteiger partial charge on any atom is 0.254 e. The Morgan fingerprint density at radius 2 is 2.11 bits per heavy atom. The Morgan fingerprint density at radius 3 is 2.89 bits per heavy atom. The molecule has 1 aromatic heterocycles. The fourth-order valence-corrected chi connectivity index (χ4v) is 4.12. The van der Waals surface area contributed by atoms with Crippen molar-refractivity contribution >= 4 is 36.4 Å². The Bertz CT molecular complexity index is 775. The number of fused-ring (bicyclic) bond motifs is 1. The van der Waals surface area contributed by atoms with Gasteiger partial charge < -0.3 is 20.0 Å². The summed E-state index contributed by atoms with van der Waals surface area (Å²) in [6.45, 7) is 5.64. The highest BCUT2D eigenvalue weighted by atomic mass is 35.5. The van der Waals surface area contributed by atoms with Gasteiger partial charge in [-0.25, -0.2) is 0 Å². The number of rotatable bonds is 5. The molecule has 7 heteroatoms. The predicted octanol–water partition coefficient (Wildman–Crippen LogP) is 3.80. The number of anilines is 1. The van der Waals surface area contributed by atoms with Crippen molar-refractivity contribution in [3.8, 4) is 0 Å². The number of piperidine rings is 1. The minimum absolute atomic E-state index is 0. The van der Waals surface area contributed by atoms with Gasteiger partial charge >= 0.3 is 0 Å². The van der Waals surface area contributed by atoms with E-state index in [1.807, 2.05) is 0 Å². The summed E-state index contributed by atoms with van der Waals surface area (Å²) in [5, 5.41) is 6.48. The molecule has 4 rings (SSSR count). The molecule has 2 aliphatic rings. The van der Waals surface area contributed by atoms with E-state index in [0.717, 1.165) is 31.8 Å². The van der Waals surface area contributed by atoms with Gasteiger partial charge in [-0.1, -0.05) is 18.2 Å². The minimum Gasteiger partial charge on any atom is -0.467 e. The van der Waals surface area contributed by atoms with Crippen molar-refractivity contribution in [2.45, 2.75) is 38.8 Å². The van der Waals surface area contributed by atoms with E-state index in [0.29, 0.717) is 24.1 Å². The fourth-order valence-electron chi connectivity index (χ4n) is 4.12. The minimum atomic E-state index is -0.0283. The number of nitrogens with one attached hydrogen (secondary N) is 2. The van der Waals surface area contributed by atoms with Gasteiger partial charge in [0.25, 0.3) is 5.91 Å². The van der Waals surface area contributed by atoms with E-state index in [9.17, 15) is 4.79 Å². The van der Waals surface area contributed by atoms with Crippen molar-refractivity contribution in [3.63, 3.8) is 0 Å². The van der Waals surface area contributed by atoms with Crippen molar-refractivity contribution in [1.29, 1.82) is 0 Å². The van der Waals surface area contributed by atoms with Gasteiger partial charge in [0.05, 0.1) is 18.4 Å². The van der Waals surface area contributed by atoms with Gasteiger partial charge in [0.1, 0.15) is 5.76 Å². The fraction of sp³-hybridized carbons (Fsp3) is 0.476. The second-order valence-corrected chi connectivity index (χ2v) is 7.49. The topological polar surface area (TPSA) is 57.5 Å². The molecule has 0 bridgehead atoms. The molecule has 0 saturated carbocycles. The number of carbonyl (C=O) groups excluding carboxylic acids is 1. The lowest BCUT2D eigenvalue weighted by atomic mass is 9.99. The van der Waals surface area contributed by atoms with E-state index < -0.39 is 0 Å². The van der Waals surface area contributed by atoms with Crippen molar-refractivity contribution in [1.82, 2.24) is 10.6 Å². The molecule has 2 unspecified atom stereocenters. The number of furan rings is 1. The molecule has 2 aliphatic heterocycles. The molecule has 0 aliphatic carbocycles. The van der Waals surface area contributed by atoms with Crippen LogP contribution in [-0.2, 0) is 13.0 Å². The molecule has 2 aromatic rings. The van der Waals surface area contributed by atoms with Crippen LogP contribution in [0.25, 0.3) is 0 Å². The molecule has 28 heavy (non-hydrogen) atoms. The summed E-state index contributed by atoms with van der Waals surface area (Å²) < 4.78 is 5.69. The monoisotopic (exact) mass is 425 g/mol. The van der Waals surface area contributed by atoms with Gasteiger partial charge in [0.15, 0.2) is 0 Å². The zero-order valence-electron chi connectivity index (χ0n) is 16.1. The van der Waals surface area contributed by atoms with Crippen molar-refractivity contribution < 1.29 is 9.21 Å². The van der Waals surface area contributed by atoms with Crippen LogP contribution in [0.2, 0.25) is 0 Å². The summed E-state index contributed by atoms with van der Waals surface area (Å²) in [6, 6.07) is 10.7. The highest BCUT2D eigenvalue weighted by Crippen LogP contribution is 2.33. The third-order valence-electron chi connectivity index (χ3n) is 5.60. The van der Waals surface area contributed by atoms with E-state index >= 15 is 0 Å². The largest absolute Gasteiger partial charge is 0.467 e. The smallest absolute Gasteiger partial charge is 0.254 e. The SMILES string of the molecule is CC1Cc2ccccc2N1Cc1occc1C(=O)NCC1CCCNC1.Cl.Cl. The molecule has 0 spiro atoms. The molecule has 3 heterocycles. The van der Waals surface area contributed by atoms with Crippen LogP contribution in [0.15, 0.2) is 41.0 Å². The number of nitrogens with zero attached hydrogens (tertiary/aromatic N) is 1. The Morgan fingerprint density at radius 1 is 1.29 bits per heavy atom. The maximum atomic E-state index is 12.7. The number of hydrogen-bond acceptors (Lipinski definition) is 4. The first kappa shape index (κ1) is 22.6. The molecule has 1 amide bonds. The number of halogens is 2. The Kier molecular flexibility index (Phi) is 8.23. The number of carbonyl (C=O) groups is 1. The number of benzene rings is 1. The number of hydrogen-bond donors (Lipinski definition) is 2. The van der Waals surface area contributed by atoms with Crippen LogP contribution >= 0.6 is 24.8 Å². The average molecular weight is 426 g/mol. The zero-order chi connectivity index (χ0) is 17.9. The third-order valence-corrected chi connectivity index (χ3v) is 5.60. The van der Waals surface area contributed by atoms with Crippen molar-refractivity contribution in [3.05, 3.63) is 53.5 Å². The Hall–Kier alpha value is -1.69. The summed E-state index contributed by atoms with van der Waals surface area (Å²) in [4.78, 5) is 15.0. The van der Waals surface area contributed by atoms with Crippen molar-refractivity contribution in [2.24, 2.45) is 5.92 Å². The van der Waals surface area contributed by atoms with Crippen LogP contribution in [0.3, 0.4) is 0 Å². The number of amides is 1. The van der Waals surface area contributed by atoms with Gasteiger partial charge in [0.2, 0.25) is 0 Å². The molecule has 2 N–H and O–H groups in total. The summed E-state index contributed by atoms with van der Waals surface area (Å²) in [6.07, 6.45) is 5.02. The van der Waals surface area contributed by atoms with E-state index in [1.54, 1.807) is 12.3 Å². The third kappa shape index (κ3) is 4.83. The van der Waals surface area contributed by atoms with Gasteiger partial charge in [-0.15, -0.1) is 24.8 Å². The molecular formula is C21H29Cl2N3O2. The average Bonchev–Trinajstić information content (AvgIpc) is 3.26.